The number of halogens is 2. The minimum absolute atomic E-state index is 0.315. The number of pyridine rings is 1. The van der Waals surface area contributed by atoms with Crippen molar-refractivity contribution in [2.24, 2.45) is 0 Å². The number of benzene rings is 3. The molecule has 3 aromatic carbocycles. The number of fused-ring (bicyclic) bond motifs is 2. The van der Waals surface area contributed by atoms with Gasteiger partial charge < -0.3 is 0 Å². The minimum atomic E-state index is -0.518. The van der Waals surface area contributed by atoms with Gasteiger partial charge in [-0.2, -0.15) is 0 Å². The molecule has 2 heterocycles. The van der Waals surface area contributed by atoms with E-state index in [4.69, 9.17) is 23.2 Å². The summed E-state index contributed by atoms with van der Waals surface area (Å²) in [4.78, 5) is 31.3. The van der Waals surface area contributed by atoms with Gasteiger partial charge in [-0.1, -0.05) is 59.6 Å². The van der Waals surface area contributed by atoms with E-state index in [1.165, 1.54) is 10.8 Å². The monoisotopic (exact) mass is 433 g/mol. The molecule has 30 heavy (non-hydrogen) atoms. The molecule has 0 aliphatic carbocycles. The molecule has 0 spiro atoms. The number of hydrogen-bond acceptors (Lipinski definition) is 3. The second-order valence-electron chi connectivity index (χ2n) is 6.75. The molecule has 0 amide bonds. The lowest BCUT2D eigenvalue weighted by molar-refractivity contribution is 0.836. The number of rotatable bonds is 2. The SMILES string of the molecule is O=c1c2ccccc2n(-c2ccc(Cl)c(Cl)c2)c(=O)n1-c1cncc2ccccc12. The van der Waals surface area contributed by atoms with Crippen LogP contribution in [0.2, 0.25) is 10.0 Å². The summed E-state index contributed by atoms with van der Waals surface area (Å²) in [7, 11) is 0. The van der Waals surface area contributed by atoms with Gasteiger partial charge in [-0.25, -0.2) is 9.36 Å². The number of aromatic nitrogens is 3. The van der Waals surface area contributed by atoms with E-state index in [9.17, 15) is 9.59 Å². The lowest BCUT2D eigenvalue weighted by atomic mass is 10.1. The molecule has 2 aromatic heterocycles. The van der Waals surface area contributed by atoms with Gasteiger partial charge in [0.05, 0.1) is 38.5 Å². The van der Waals surface area contributed by atoms with E-state index >= 15 is 0 Å². The summed E-state index contributed by atoms with van der Waals surface area (Å²) in [5.74, 6) is 0. The van der Waals surface area contributed by atoms with Crippen molar-refractivity contribution < 1.29 is 0 Å². The molecule has 146 valence electrons. The highest BCUT2D eigenvalue weighted by Gasteiger charge is 2.17. The second-order valence-corrected chi connectivity index (χ2v) is 7.57. The van der Waals surface area contributed by atoms with E-state index in [1.54, 1.807) is 48.7 Å². The van der Waals surface area contributed by atoms with Gasteiger partial charge in [0.15, 0.2) is 0 Å². The third kappa shape index (κ3) is 2.83. The first-order valence-electron chi connectivity index (χ1n) is 9.11. The molecule has 5 nitrogen and oxygen atoms in total. The number of para-hydroxylation sites is 1. The van der Waals surface area contributed by atoms with Crippen LogP contribution in [-0.4, -0.2) is 14.1 Å². The maximum Gasteiger partial charge on any atom is 0.340 e. The predicted octanol–water partition coefficient (Wildman–Crippen LogP) is 5.00. The van der Waals surface area contributed by atoms with Crippen LogP contribution in [0.15, 0.2) is 88.7 Å². The fraction of sp³-hybridized carbons (Fsp3) is 0. The average Bonchev–Trinajstić information content (AvgIpc) is 2.76. The van der Waals surface area contributed by atoms with Gasteiger partial charge in [-0.3, -0.25) is 14.3 Å². The summed E-state index contributed by atoms with van der Waals surface area (Å²) in [6.45, 7) is 0. The molecule has 0 fully saturated rings. The third-order valence-electron chi connectivity index (χ3n) is 5.01. The van der Waals surface area contributed by atoms with Crippen LogP contribution in [-0.2, 0) is 0 Å². The van der Waals surface area contributed by atoms with Crippen molar-refractivity contribution in [1.82, 2.24) is 14.1 Å². The van der Waals surface area contributed by atoms with Crippen LogP contribution in [0.4, 0.5) is 0 Å². The molecule has 0 aliphatic rings. The molecule has 0 radical (unpaired) electrons. The highest BCUT2D eigenvalue weighted by Crippen LogP contribution is 2.26. The summed E-state index contributed by atoms with van der Waals surface area (Å²) >= 11 is 12.3. The maximum absolute atomic E-state index is 13.7. The highest BCUT2D eigenvalue weighted by atomic mass is 35.5. The largest absolute Gasteiger partial charge is 0.340 e. The first kappa shape index (κ1) is 18.6. The van der Waals surface area contributed by atoms with Crippen LogP contribution >= 0.6 is 23.2 Å². The van der Waals surface area contributed by atoms with Gasteiger partial charge in [0.1, 0.15) is 0 Å². The highest BCUT2D eigenvalue weighted by molar-refractivity contribution is 6.42. The lowest BCUT2D eigenvalue weighted by Gasteiger charge is -2.15. The summed E-state index contributed by atoms with van der Waals surface area (Å²) in [5, 5.41) is 2.67. The van der Waals surface area contributed by atoms with E-state index in [2.05, 4.69) is 4.98 Å². The summed E-state index contributed by atoms with van der Waals surface area (Å²) in [6, 6.07) is 19.4. The van der Waals surface area contributed by atoms with Gasteiger partial charge >= 0.3 is 5.69 Å². The molecule has 0 unspecified atom stereocenters. The second kappa shape index (κ2) is 7.13. The summed E-state index contributed by atoms with van der Waals surface area (Å²) in [5.41, 5.74) is 0.478. The van der Waals surface area contributed by atoms with Crippen LogP contribution in [0, 0.1) is 0 Å². The first-order chi connectivity index (χ1) is 14.6. The molecule has 0 bridgehead atoms. The summed E-state index contributed by atoms with van der Waals surface area (Å²) in [6.07, 6.45) is 3.22. The molecule has 0 saturated heterocycles. The standard InChI is InChI=1S/C23H13Cl2N3O2/c24-18-10-9-15(11-19(18)25)27-20-8-4-3-7-17(20)22(29)28(23(27)30)21-13-26-12-14-5-1-2-6-16(14)21/h1-13H. The zero-order valence-electron chi connectivity index (χ0n) is 15.4. The Morgan fingerprint density at radius 2 is 1.47 bits per heavy atom. The van der Waals surface area contributed by atoms with Gasteiger partial charge in [-0.05, 0) is 30.3 Å². The van der Waals surface area contributed by atoms with Gasteiger partial charge in [0.25, 0.3) is 5.56 Å². The van der Waals surface area contributed by atoms with E-state index in [1.807, 2.05) is 24.3 Å². The van der Waals surface area contributed by atoms with Crippen molar-refractivity contribution in [2.75, 3.05) is 0 Å². The van der Waals surface area contributed by atoms with Crippen molar-refractivity contribution in [3.63, 3.8) is 0 Å². The van der Waals surface area contributed by atoms with Crippen LogP contribution < -0.4 is 11.2 Å². The molecular formula is C23H13Cl2N3O2. The van der Waals surface area contributed by atoms with Crippen LogP contribution in [0.5, 0.6) is 0 Å². The Morgan fingerprint density at radius 3 is 2.27 bits per heavy atom. The van der Waals surface area contributed by atoms with E-state index < -0.39 is 11.2 Å². The van der Waals surface area contributed by atoms with Crippen LogP contribution in [0.3, 0.4) is 0 Å². The Balaban J connectivity index is 1.97. The zero-order chi connectivity index (χ0) is 20.8. The topological polar surface area (TPSA) is 56.9 Å². The van der Waals surface area contributed by atoms with E-state index in [0.717, 1.165) is 15.3 Å². The van der Waals surface area contributed by atoms with Crippen LogP contribution in [0.1, 0.15) is 0 Å². The Kier molecular flexibility index (Phi) is 4.42. The van der Waals surface area contributed by atoms with Crippen molar-refractivity contribution in [2.45, 2.75) is 0 Å². The van der Waals surface area contributed by atoms with Gasteiger partial charge in [0, 0.05) is 17.0 Å². The molecule has 0 N–H and O–H groups in total. The summed E-state index contributed by atoms with van der Waals surface area (Å²) < 4.78 is 2.61. The Hall–Kier alpha value is -3.41. The first-order valence-corrected chi connectivity index (χ1v) is 9.87. The molecule has 0 atom stereocenters. The van der Waals surface area contributed by atoms with Crippen molar-refractivity contribution in [3.8, 4) is 11.4 Å². The molecule has 5 rings (SSSR count). The quantitative estimate of drug-likeness (QED) is 0.393. The maximum atomic E-state index is 13.7. The molecule has 7 heteroatoms. The average molecular weight is 434 g/mol. The normalized spacial score (nSPS) is 11.3. The number of nitrogens with zero attached hydrogens (tertiary/aromatic N) is 3. The van der Waals surface area contributed by atoms with E-state index in [0.29, 0.717) is 32.3 Å². The minimum Gasteiger partial charge on any atom is -0.268 e. The molecule has 0 saturated carbocycles. The Bertz CT molecular complexity index is 1570. The number of hydrogen-bond donors (Lipinski definition) is 0. The van der Waals surface area contributed by atoms with Gasteiger partial charge in [0.2, 0.25) is 0 Å². The fourth-order valence-corrected chi connectivity index (χ4v) is 3.92. The van der Waals surface area contributed by atoms with Crippen molar-refractivity contribution in [1.29, 1.82) is 0 Å². The predicted molar refractivity (Wildman–Crippen MR) is 120 cm³/mol. The van der Waals surface area contributed by atoms with E-state index in [-0.39, 0.29) is 0 Å². The van der Waals surface area contributed by atoms with Gasteiger partial charge in [-0.15, -0.1) is 0 Å². The molecular weight excluding hydrogens is 421 g/mol. The zero-order valence-corrected chi connectivity index (χ0v) is 16.9. The Morgan fingerprint density at radius 1 is 0.733 bits per heavy atom. The Labute approximate surface area is 180 Å². The van der Waals surface area contributed by atoms with Crippen molar-refractivity contribution >= 4 is 44.9 Å². The fourth-order valence-electron chi connectivity index (χ4n) is 3.62. The van der Waals surface area contributed by atoms with Crippen LogP contribution in [0.25, 0.3) is 33.1 Å². The molecule has 0 aliphatic heterocycles. The lowest BCUT2D eigenvalue weighted by Crippen LogP contribution is -2.38. The molecule has 5 aromatic rings. The smallest absolute Gasteiger partial charge is 0.268 e. The van der Waals surface area contributed by atoms with Crippen molar-refractivity contribution in [3.05, 3.63) is 110 Å². The third-order valence-corrected chi connectivity index (χ3v) is 5.75.